The van der Waals surface area contributed by atoms with Gasteiger partial charge in [0, 0.05) is 45.7 Å². The summed E-state index contributed by atoms with van der Waals surface area (Å²) >= 11 is 0. The lowest BCUT2D eigenvalue weighted by atomic mass is 10.1. The lowest BCUT2D eigenvalue weighted by Crippen LogP contribution is -2.53. The van der Waals surface area contributed by atoms with Crippen molar-refractivity contribution in [3.05, 3.63) is 35.9 Å². The van der Waals surface area contributed by atoms with Crippen molar-refractivity contribution in [2.45, 2.75) is 39.3 Å². The van der Waals surface area contributed by atoms with Crippen LogP contribution in [0.2, 0.25) is 0 Å². The average Bonchev–Trinajstić information content (AvgIpc) is 3.01. The molecule has 7 nitrogen and oxygen atoms in total. The second kappa shape index (κ2) is 8.20. The molecule has 3 amide bonds. The SMILES string of the molecule is CC(C)(C)OC(=O)N1CCN(C(=O)[C@@H]2CC(=O)N(Cc3ccccc3)C2)CC1. The zero-order valence-corrected chi connectivity index (χ0v) is 16.9. The molecule has 7 heteroatoms. The number of rotatable bonds is 3. The Morgan fingerprint density at radius 1 is 1.04 bits per heavy atom. The predicted octanol–water partition coefficient (Wildman–Crippen LogP) is 2.11. The summed E-state index contributed by atoms with van der Waals surface area (Å²) in [5.74, 6) is -0.272. The van der Waals surface area contributed by atoms with Crippen LogP contribution >= 0.6 is 0 Å². The molecule has 2 heterocycles. The van der Waals surface area contributed by atoms with Gasteiger partial charge in [-0.2, -0.15) is 0 Å². The van der Waals surface area contributed by atoms with E-state index >= 15 is 0 Å². The highest BCUT2D eigenvalue weighted by atomic mass is 16.6. The van der Waals surface area contributed by atoms with Crippen molar-refractivity contribution in [2.24, 2.45) is 5.92 Å². The maximum atomic E-state index is 12.9. The number of nitrogens with zero attached hydrogens (tertiary/aromatic N) is 3. The standard InChI is InChI=1S/C21H29N3O4/c1-21(2,3)28-20(27)23-11-9-22(10-12-23)19(26)17-13-18(25)24(15-17)14-16-7-5-4-6-8-16/h4-8,17H,9-15H2,1-3H3/t17-/m1/s1. The van der Waals surface area contributed by atoms with Crippen molar-refractivity contribution in [3.8, 4) is 0 Å². The third-order valence-corrected chi connectivity index (χ3v) is 5.02. The van der Waals surface area contributed by atoms with Gasteiger partial charge in [0.05, 0.1) is 5.92 Å². The molecule has 2 aliphatic heterocycles. The molecule has 1 aromatic rings. The fourth-order valence-corrected chi connectivity index (χ4v) is 3.59. The first-order valence-electron chi connectivity index (χ1n) is 9.81. The number of carbonyl (C=O) groups is 3. The number of piperazine rings is 1. The number of amides is 3. The molecule has 0 N–H and O–H groups in total. The van der Waals surface area contributed by atoms with Crippen molar-refractivity contribution in [1.29, 1.82) is 0 Å². The van der Waals surface area contributed by atoms with Gasteiger partial charge < -0.3 is 19.4 Å². The first-order chi connectivity index (χ1) is 13.2. The maximum Gasteiger partial charge on any atom is 0.410 e. The Hall–Kier alpha value is -2.57. The molecule has 3 rings (SSSR count). The van der Waals surface area contributed by atoms with Crippen LogP contribution in [0.25, 0.3) is 0 Å². The highest BCUT2D eigenvalue weighted by Crippen LogP contribution is 2.23. The van der Waals surface area contributed by atoms with Crippen LogP contribution in [0, 0.1) is 5.92 Å². The van der Waals surface area contributed by atoms with Crippen molar-refractivity contribution in [1.82, 2.24) is 14.7 Å². The van der Waals surface area contributed by atoms with E-state index < -0.39 is 5.60 Å². The number of hydrogen-bond donors (Lipinski definition) is 0. The van der Waals surface area contributed by atoms with Gasteiger partial charge in [-0.05, 0) is 26.3 Å². The Kier molecular flexibility index (Phi) is 5.91. The second-order valence-corrected chi connectivity index (χ2v) is 8.45. The summed E-state index contributed by atoms with van der Waals surface area (Å²) in [6, 6.07) is 9.81. The molecule has 0 unspecified atom stereocenters. The lowest BCUT2D eigenvalue weighted by molar-refractivity contribution is -0.137. The summed E-state index contributed by atoms with van der Waals surface area (Å²) in [6.07, 6.45) is -0.0810. The number of benzene rings is 1. The zero-order valence-electron chi connectivity index (χ0n) is 16.9. The van der Waals surface area contributed by atoms with Gasteiger partial charge in [-0.1, -0.05) is 30.3 Å². The first kappa shape index (κ1) is 20.2. The lowest BCUT2D eigenvalue weighted by Gasteiger charge is -2.36. The van der Waals surface area contributed by atoms with Crippen LogP contribution in [0.15, 0.2) is 30.3 Å². The molecule has 2 fully saturated rings. The Morgan fingerprint density at radius 2 is 1.64 bits per heavy atom. The van der Waals surface area contributed by atoms with Crippen LogP contribution in [0.4, 0.5) is 4.79 Å². The van der Waals surface area contributed by atoms with Crippen molar-refractivity contribution >= 4 is 17.9 Å². The van der Waals surface area contributed by atoms with Gasteiger partial charge in [-0.15, -0.1) is 0 Å². The summed E-state index contributed by atoms with van der Waals surface area (Å²) < 4.78 is 5.39. The van der Waals surface area contributed by atoms with E-state index in [0.717, 1.165) is 5.56 Å². The molecule has 28 heavy (non-hydrogen) atoms. The minimum Gasteiger partial charge on any atom is -0.444 e. The molecular weight excluding hydrogens is 358 g/mol. The van der Waals surface area contributed by atoms with E-state index in [2.05, 4.69) is 0 Å². The number of likely N-dealkylation sites (tertiary alicyclic amines) is 1. The van der Waals surface area contributed by atoms with Crippen molar-refractivity contribution in [2.75, 3.05) is 32.7 Å². The Bertz CT molecular complexity index is 721. The van der Waals surface area contributed by atoms with E-state index in [0.29, 0.717) is 39.3 Å². The fourth-order valence-electron chi connectivity index (χ4n) is 3.59. The van der Waals surface area contributed by atoms with Crippen LogP contribution in [0.1, 0.15) is 32.8 Å². The van der Waals surface area contributed by atoms with Crippen LogP contribution < -0.4 is 0 Å². The largest absolute Gasteiger partial charge is 0.444 e. The minimum atomic E-state index is -0.531. The third kappa shape index (κ3) is 5.03. The van der Waals surface area contributed by atoms with E-state index in [1.165, 1.54) is 0 Å². The van der Waals surface area contributed by atoms with E-state index in [4.69, 9.17) is 4.74 Å². The highest BCUT2D eigenvalue weighted by molar-refractivity contribution is 5.89. The monoisotopic (exact) mass is 387 g/mol. The van der Waals surface area contributed by atoms with Gasteiger partial charge in [0.2, 0.25) is 11.8 Å². The highest BCUT2D eigenvalue weighted by Gasteiger charge is 2.37. The molecule has 0 bridgehead atoms. The molecule has 2 aliphatic rings. The van der Waals surface area contributed by atoms with E-state index in [9.17, 15) is 14.4 Å². The van der Waals surface area contributed by atoms with Gasteiger partial charge in [-0.25, -0.2) is 4.79 Å². The summed E-state index contributed by atoms with van der Waals surface area (Å²) in [5, 5.41) is 0. The van der Waals surface area contributed by atoms with Crippen LogP contribution in [-0.4, -0.2) is 70.9 Å². The molecular formula is C21H29N3O4. The van der Waals surface area contributed by atoms with Gasteiger partial charge in [0.1, 0.15) is 5.60 Å². The molecule has 0 radical (unpaired) electrons. The summed E-state index contributed by atoms with van der Waals surface area (Å²) in [7, 11) is 0. The Balaban J connectivity index is 1.50. The fraction of sp³-hybridized carbons (Fsp3) is 0.571. The molecule has 1 aromatic carbocycles. The van der Waals surface area contributed by atoms with Crippen LogP contribution in [0.5, 0.6) is 0 Å². The summed E-state index contributed by atoms with van der Waals surface area (Å²) in [5.41, 5.74) is 0.533. The molecule has 0 aliphatic carbocycles. The van der Waals surface area contributed by atoms with Crippen LogP contribution in [0.3, 0.4) is 0 Å². The van der Waals surface area contributed by atoms with E-state index in [1.807, 2.05) is 51.1 Å². The van der Waals surface area contributed by atoms with E-state index in [1.54, 1.807) is 14.7 Å². The van der Waals surface area contributed by atoms with Gasteiger partial charge >= 0.3 is 6.09 Å². The smallest absolute Gasteiger partial charge is 0.410 e. The molecule has 1 atom stereocenters. The summed E-state index contributed by atoms with van der Waals surface area (Å²) in [4.78, 5) is 42.5. The van der Waals surface area contributed by atoms with E-state index in [-0.39, 0.29) is 30.2 Å². The molecule has 0 aromatic heterocycles. The maximum absolute atomic E-state index is 12.9. The third-order valence-electron chi connectivity index (χ3n) is 5.02. The van der Waals surface area contributed by atoms with Gasteiger partial charge in [0.15, 0.2) is 0 Å². The number of ether oxygens (including phenoxy) is 1. The molecule has 152 valence electrons. The average molecular weight is 387 g/mol. The number of hydrogen-bond acceptors (Lipinski definition) is 4. The molecule has 0 saturated carbocycles. The Morgan fingerprint density at radius 3 is 2.25 bits per heavy atom. The second-order valence-electron chi connectivity index (χ2n) is 8.45. The molecule has 2 saturated heterocycles. The van der Waals surface area contributed by atoms with Gasteiger partial charge in [0.25, 0.3) is 0 Å². The Labute approximate surface area is 166 Å². The summed E-state index contributed by atoms with van der Waals surface area (Å²) in [6.45, 7) is 8.36. The van der Waals surface area contributed by atoms with Gasteiger partial charge in [-0.3, -0.25) is 9.59 Å². The predicted molar refractivity (Wildman–Crippen MR) is 104 cm³/mol. The van der Waals surface area contributed by atoms with Crippen LogP contribution in [-0.2, 0) is 20.9 Å². The topological polar surface area (TPSA) is 70.2 Å². The van der Waals surface area contributed by atoms with Crippen molar-refractivity contribution in [3.63, 3.8) is 0 Å². The zero-order chi connectivity index (χ0) is 20.3. The van der Waals surface area contributed by atoms with Crippen molar-refractivity contribution < 1.29 is 19.1 Å². The first-order valence-corrected chi connectivity index (χ1v) is 9.81. The normalized spacial score (nSPS) is 20.5. The number of carbonyl (C=O) groups excluding carboxylic acids is 3. The molecule has 0 spiro atoms. The minimum absolute atomic E-state index is 0.00718. The quantitative estimate of drug-likeness (QED) is 0.797.